The van der Waals surface area contributed by atoms with Gasteiger partial charge in [0.2, 0.25) is 5.95 Å². The van der Waals surface area contributed by atoms with Crippen molar-refractivity contribution < 1.29 is 4.79 Å². The number of hydrogen-bond acceptors (Lipinski definition) is 5. The molecule has 26 heavy (non-hydrogen) atoms. The van der Waals surface area contributed by atoms with Crippen LogP contribution in [0.25, 0.3) is 11.3 Å². The molecule has 0 spiro atoms. The minimum absolute atomic E-state index is 0.113. The average Bonchev–Trinajstić information content (AvgIpc) is 2.69. The lowest BCUT2D eigenvalue weighted by molar-refractivity contribution is 0.0983. The Morgan fingerprint density at radius 1 is 0.885 bits per heavy atom. The van der Waals surface area contributed by atoms with Crippen LogP contribution in [0.3, 0.4) is 0 Å². The lowest BCUT2D eigenvalue weighted by Gasteiger charge is -2.22. The maximum atomic E-state index is 12.9. The molecule has 3 rings (SSSR count). The Hall–Kier alpha value is -3.12. The number of nitrogens with zero attached hydrogens (tertiary/aromatic N) is 5. The number of rotatable bonds is 6. The maximum Gasteiger partial charge on any atom is 0.260 e. The maximum absolute atomic E-state index is 12.9. The lowest BCUT2D eigenvalue weighted by atomic mass is 10.2. The molecule has 0 atom stereocenters. The van der Waals surface area contributed by atoms with E-state index in [0.29, 0.717) is 24.6 Å². The van der Waals surface area contributed by atoms with Gasteiger partial charge in [-0.15, -0.1) is 0 Å². The number of aromatic nitrogens is 3. The number of hydrogen-bond donors (Lipinski definition) is 0. The highest BCUT2D eigenvalue weighted by Gasteiger charge is 2.20. The largest absolute Gasteiger partial charge is 0.308 e. The highest BCUT2D eigenvalue weighted by molar-refractivity contribution is 6.05. The summed E-state index contributed by atoms with van der Waals surface area (Å²) in [7, 11) is 3.94. The van der Waals surface area contributed by atoms with Gasteiger partial charge in [-0.2, -0.15) is 0 Å². The Kier molecular flexibility index (Phi) is 5.66. The van der Waals surface area contributed by atoms with Crippen molar-refractivity contribution in [2.45, 2.75) is 0 Å². The van der Waals surface area contributed by atoms with E-state index in [0.717, 1.165) is 11.3 Å². The number of benzene rings is 1. The summed E-state index contributed by atoms with van der Waals surface area (Å²) in [4.78, 5) is 29.7. The predicted molar refractivity (Wildman–Crippen MR) is 102 cm³/mol. The Morgan fingerprint density at radius 2 is 1.58 bits per heavy atom. The molecule has 0 bridgehead atoms. The van der Waals surface area contributed by atoms with E-state index in [-0.39, 0.29) is 5.91 Å². The molecule has 6 heteroatoms. The molecule has 0 unspecified atom stereocenters. The highest BCUT2D eigenvalue weighted by atomic mass is 16.2. The number of carbonyl (C=O) groups is 1. The first-order valence-electron chi connectivity index (χ1n) is 8.40. The summed E-state index contributed by atoms with van der Waals surface area (Å²) in [6.07, 6.45) is 5.13. The van der Waals surface area contributed by atoms with Gasteiger partial charge in [0, 0.05) is 42.8 Å². The van der Waals surface area contributed by atoms with Crippen LogP contribution in [-0.4, -0.2) is 52.9 Å². The molecule has 1 aromatic carbocycles. The van der Waals surface area contributed by atoms with E-state index in [2.05, 4.69) is 15.0 Å². The number of anilines is 1. The van der Waals surface area contributed by atoms with Crippen molar-refractivity contribution in [2.75, 3.05) is 32.1 Å². The van der Waals surface area contributed by atoms with Crippen molar-refractivity contribution in [3.05, 3.63) is 72.7 Å². The fourth-order valence-electron chi connectivity index (χ4n) is 2.46. The summed E-state index contributed by atoms with van der Waals surface area (Å²) in [5, 5.41) is 0. The Morgan fingerprint density at radius 3 is 2.19 bits per heavy atom. The molecule has 0 aliphatic rings. The normalized spacial score (nSPS) is 10.7. The minimum atomic E-state index is -0.113. The van der Waals surface area contributed by atoms with Gasteiger partial charge in [0.15, 0.2) is 0 Å². The zero-order valence-electron chi connectivity index (χ0n) is 14.9. The van der Waals surface area contributed by atoms with E-state index in [9.17, 15) is 4.79 Å². The molecule has 3 aromatic rings. The SMILES string of the molecule is CN(C)CCN(C(=O)c1ccccc1)c1ncc(-c2ccccn2)cn1. The molecule has 0 fully saturated rings. The second-order valence-electron chi connectivity index (χ2n) is 6.11. The summed E-state index contributed by atoms with van der Waals surface area (Å²) in [5.74, 6) is 0.276. The van der Waals surface area contributed by atoms with Gasteiger partial charge in [0.05, 0.1) is 5.69 Å². The van der Waals surface area contributed by atoms with Crippen LogP contribution in [0.1, 0.15) is 10.4 Å². The van der Waals surface area contributed by atoms with Crippen LogP contribution in [0.5, 0.6) is 0 Å². The molecule has 132 valence electrons. The van der Waals surface area contributed by atoms with E-state index in [1.54, 1.807) is 35.6 Å². The van der Waals surface area contributed by atoms with Crippen molar-refractivity contribution in [1.82, 2.24) is 19.9 Å². The summed E-state index contributed by atoms with van der Waals surface area (Å²) in [6, 6.07) is 14.9. The van der Waals surface area contributed by atoms with E-state index < -0.39 is 0 Å². The first kappa shape index (κ1) is 17.7. The molecule has 2 heterocycles. The van der Waals surface area contributed by atoms with Crippen molar-refractivity contribution in [3.63, 3.8) is 0 Å². The standard InChI is InChI=1S/C20H21N5O/c1-24(2)12-13-25(19(26)16-8-4-3-5-9-16)20-22-14-17(15-23-20)18-10-6-7-11-21-18/h3-11,14-15H,12-13H2,1-2H3. The quantitative estimate of drug-likeness (QED) is 0.686. The molecule has 0 aliphatic carbocycles. The second-order valence-corrected chi connectivity index (χ2v) is 6.11. The first-order valence-corrected chi connectivity index (χ1v) is 8.40. The molecular weight excluding hydrogens is 326 g/mol. The predicted octanol–water partition coefficient (Wildman–Crippen LogP) is 2.75. The molecule has 0 aliphatic heterocycles. The number of carbonyl (C=O) groups excluding carboxylic acids is 1. The van der Waals surface area contributed by atoms with Crippen molar-refractivity contribution >= 4 is 11.9 Å². The number of likely N-dealkylation sites (N-methyl/N-ethyl adjacent to an activating group) is 1. The van der Waals surface area contributed by atoms with Crippen molar-refractivity contribution in [3.8, 4) is 11.3 Å². The third-order valence-electron chi connectivity index (χ3n) is 3.88. The second kappa shape index (κ2) is 8.31. The van der Waals surface area contributed by atoms with Crippen molar-refractivity contribution in [2.24, 2.45) is 0 Å². The van der Waals surface area contributed by atoms with Crippen LogP contribution in [0, 0.1) is 0 Å². The van der Waals surface area contributed by atoms with Gasteiger partial charge in [0.1, 0.15) is 0 Å². The molecule has 0 saturated heterocycles. The Bertz CT molecular complexity index is 835. The molecule has 0 saturated carbocycles. The molecule has 6 nitrogen and oxygen atoms in total. The number of pyridine rings is 1. The van der Waals surface area contributed by atoms with Gasteiger partial charge in [-0.25, -0.2) is 9.97 Å². The van der Waals surface area contributed by atoms with Crippen LogP contribution in [0.15, 0.2) is 67.1 Å². The van der Waals surface area contributed by atoms with E-state index in [1.807, 2.05) is 55.4 Å². The van der Waals surface area contributed by atoms with Gasteiger partial charge >= 0.3 is 0 Å². The van der Waals surface area contributed by atoms with E-state index in [1.165, 1.54) is 0 Å². The molecular formula is C20H21N5O. The van der Waals surface area contributed by atoms with Crippen LogP contribution in [0.4, 0.5) is 5.95 Å². The van der Waals surface area contributed by atoms with Crippen molar-refractivity contribution in [1.29, 1.82) is 0 Å². The van der Waals surface area contributed by atoms with Gasteiger partial charge in [-0.1, -0.05) is 24.3 Å². The molecule has 0 N–H and O–H groups in total. The summed E-state index contributed by atoms with van der Waals surface area (Å²) < 4.78 is 0. The summed E-state index contributed by atoms with van der Waals surface area (Å²) in [6.45, 7) is 1.22. The third kappa shape index (κ3) is 4.29. The van der Waals surface area contributed by atoms with Crippen LogP contribution in [-0.2, 0) is 0 Å². The summed E-state index contributed by atoms with van der Waals surface area (Å²) >= 11 is 0. The fraction of sp³-hybridized carbons (Fsp3) is 0.200. The average molecular weight is 347 g/mol. The summed E-state index contributed by atoms with van der Waals surface area (Å²) in [5.41, 5.74) is 2.23. The molecule has 2 aromatic heterocycles. The fourth-order valence-corrected chi connectivity index (χ4v) is 2.46. The van der Waals surface area contributed by atoms with Crippen LogP contribution in [0.2, 0.25) is 0 Å². The Labute approximate surface area is 153 Å². The van der Waals surface area contributed by atoms with Crippen LogP contribution < -0.4 is 4.90 Å². The zero-order chi connectivity index (χ0) is 18.4. The minimum Gasteiger partial charge on any atom is -0.308 e. The highest BCUT2D eigenvalue weighted by Crippen LogP contribution is 2.17. The molecule has 0 radical (unpaired) electrons. The van der Waals surface area contributed by atoms with Gasteiger partial charge in [0.25, 0.3) is 5.91 Å². The smallest absolute Gasteiger partial charge is 0.260 e. The van der Waals surface area contributed by atoms with E-state index in [4.69, 9.17) is 0 Å². The van der Waals surface area contributed by atoms with Gasteiger partial charge in [-0.3, -0.25) is 14.7 Å². The molecule has 1 amide bonds. The van der Waals surface area contributed by atoms with Gasteiger partial charge < -0.3 is 4.90 Å². The monoisotopic (exact) mass is 347 g/mol. The topological polar surface area (TPSA) is 62.2 Å². The number of amides is 1. The van der Waals surface area contributed by atoms with Gasteiger partial charge in [-0.05, 0) is 38.4 Å². The van der Waals surface area contributed by atoms with E-state index >= 15 is 0 Å². The Balaban J connectivity index is 1.87. The first-order chi connectivity index (χ1) is 12.6. The van der Waals surface area contributed by atoms with Crippen LogP contribution >= 0.6 is 0 Å². The zero-order valence-corrected chi connectivity index (χ0v) is 14.9. The lowest BCUT2D eigenvalue weighted by Crippen LogP contribution is -2.37. The third-order valence-corrected chi connectivity index (χ3v) is 3.88.